The number of ether oxygens (including phenoxy) is 5. The molecule has 226 valence electrons. The van der Waals surface area contributed by atoms with E-state index in [2.05, 4.69) is 76.2 Å². The molecule has 3 fully saturated rings. The third kappa shape index (κ3) is 5.36. The molecule has 2 aliphatic heterocycles. The Hall–Kier alpha value is -1.27. The number of aliphatic hydroxyl groups is 1. The summed E-state index contributed by atoms with van der Waals surface area (Å²) in [5, 5.41) is 13.7. The third-order valence-corrected chi connectivity index (χ3v) is 15.0. The molecule has 2 saturated heterocycles. The van der Waals surface area contributed by atoms with Crippen LogP contribution in [0, 0.1) is 0 Å². The molecule has 0 bridgehead atoms. The second-order valence-corrected chi connectivity index (χ2v) is 17.9. The molecule has 9 heteroatoms. The second-order valence-electron chi connectivity index (χ2n) is 12.2. The summed E-state index contributed by atoms with van der Waals surface area (Å²) in [6, 6.07) is 21.2. The standard InChI is InChI=1S/C32H46O7SSi/c1-7-40-29-26(33)28-27(38-31(34-5)20-14-15-21-32(31,35-6)39-28)25(37-29)22-36-41(30(2,3)4,23-16-10-8-11-17-23)24-18-12-9-13-19-24/h8-13,16-19,25-29,33H,7,14-15,20-22H2,1-6H3/t25-,26+,27-,28-,29-,31+,32+/m1/s1. The topological polar surface area (TPSA) is 75.6 Å². The van der Waals surface area contributed by atoms with E-state index in [0.29, 0.717) is 12.8 Å². The normalized spacial score (nSPS) is 34.1. The van der Waals surface area contributed by atoms with Crippen molar-refractivity contribution in [2.24, 2.45) is 0 Å². The molecule has 0 spiro atoms. The van der Waals surface area contributed by atoms with Crippen molar-refractivity contribution in [2.45, 2.75) is 99.8 Å². The lowest BCUT2D eigenvalue weighted by molar-refractivity contribution is -0.488. The monoisotopic (exact) mass is 602 g/mol. The van der Waals surface area contributed by atoms with Gasteiger partial charge in [0.2, 0.25) is 11.6 Å². The number of rotatable bonds is 9. The van der Waals surface area contributed by atoms with Crippen molar-refractivity contribution in [2.75, 3.05) is 26.6 Å². The summed E-state index contributed by atoms with van der Waals surface area (Å²) >= 11 is 1.57. The third-order valence-electron chi connectivity index (χ3n) is 8.98. The molecule has 5 rings (SSSR count). The van der Waals surface area contributed by atoms with E-state index in [4.69, 9.17) is 28.1 Å². The summed E-state index contributed by atoms with van der Waals surface area (Å²) in [5.41, 5.74) is -0.481. The predicted molar refractivity (Wildman–Crippen MR) is 164 cm³/mol. The number of hydrogen-bond donors (Lipinski definition) is 1. The van der Waals surface area contributed by atoms with Crippen molar-refractivity contribution in [3.8, 4) is 0 Å². The minimum Gasteiger partial charge on any atom is -0.405 e. The first-order valence-corrected chi connectivity index (χ1v) is 17.8. The van der Waals surface area contributed by atoms with E-state index in [0.717, 1.165) is 18.6 Å². The lowest BCUT2D eigenvalue weighted by atomic mass is 9.84. The summed E-state index contributed by atoms with van der Waals surface area (Å²) in [6.45, 7) is 9.13. The summed E-state index contributed by atoms with van der Waals surface area (Å²) in [7, 11) is 0.448. The quantitative estimate of drug-likeness (QED) is 0.423. The Balaban J connectivity index is 1.54. The molecule has 2 heterocycles. The van der Waals surface area contributed by atoms with Crippen LogP contribution in [0.25, 0.3) is 0 Å². The molecule has 3 aliphatic rings. The van der Waals surface area contributed by atoms with Crippen molar-refractivity contribution >= 4 is 30.5 Å². The van der Waals surface area contributed by atoms with E-state index in [-0.39, 0.29) is 11.6 Å². The fourth-order valence-electron chi connectivity index (χ4n) is 7.02. The van der Waals surface area contributed by atoms with E-state index in [1.54, 1.807) is 26.0 Å². The van der Waals surface area contributed by atoms with Gasteiger partial charge in [-0.05, 0) is 34.0 Å². The number of hydrogen-bond acceptors (Lipinski definition) is 8. The highest BCUT2D eigenvalue weighted by Crippen LogP contribution is 2.51. The van der Waals surface area contributed by atoms with Crippen LogP contribution in [0.2, 0.25) is 5.04 Å². The van der Waals surface area contributed by atoms with Crippen LogP contribution >= 0.6 is 11.8 Å². The molecular formula is C32H46O7SSi. The first-order valence-electron chi connectivity index (χ1n) is 14.8. The maximum atomic E-state index is 11.5. The van der Waals surface area contributed by atoms with E-state index < -0.39 is 49.7 Å². The smallest absolute Gasteiger partial charge is 0.261 e. The van der Waals surface area contributed by atoms with Crippen LogP contribution in [0.4, 0.5) is 0 Å². The predicted octanol–water partition coefficient (Wildman–Crippen LogP) is 4.45. The van der Waals surface area contributed by atoms with Gasteiger partial charge in [0, 0.05) is 27.1 Å². The molecule has 2 aromatic carbocycles. The van der Waals surface area contributed by atoms with Gasteiger partial charge in [-0.25, -0.2) is 0 Å². The lowest BCUT2D eigenvalue weighted by Crippen LogP contribution is -2.75. The first kappa shape index (κ1) is 31.2. The van der Waals surface area contributed by atoms with E-state index in [1.165, 1.54) is 10.4 Å². The van der Waals surface area contributed by atoms with Crippen LogP contribution < -0.4 is 10.4 Å². The van der Waals surface area contributed by atoms with Crippen molar-refractivity contribution < 1.29 is 33.2 Å². The molecular weight excluding hydrogens is 556 g/mol. The molecule has 2 aromatic rings. The summed E-state index contributed by atoms with van der Waals surface area (Å²) in [4.78, 5) is 0. The molecule has 1 N–H and O–H groups in total. The Labute approximate surface area is 250 Å². The summed E-state index contributed by atoms with van der Waals surface area (Å²) in [5.74, 6) is -1.39. The van der Waals surface area contributed by atoms with Crippen LogP contribution in [-0.4, -0.2) is 81.4 Å². The lowest BCUT2D eigenvalue weighted by Gasteiger charge is -2.60. The number of benzene rings is 2. The Morgan fingerprint density at radius 2 is 1.39 bits per heavy atom. The Morgan fingerprint density at radius 1 is 0.878 bits per heavy atom. The van der Waals surface area contributed by atoms with Gasteiger partial charge in [-0.1, -0.05) is 88.4 Å². The van der Waals surface area contributed by atoms with Gasteiger partial charge >= 0.3 is 0 Å². The highest BCUT2D eigenvalue weighted by atomic mass is 32.2. The number of aliphatic hydroxyl groups excluding tert-OH is 1. The van der Waals surface area contributed by atoms with E-state index in [1.807, 2.05) is 12.1 Å². The van der Waals surface area contributed by atoms with Crippen LogP contribution in [0.15, 0.2) is 60.7 Å². The Morgan fingerprint density at radius 3 is 1.85 bits per heavy atom. The fraction of sp³-hybridized carbons (Fsp3) is 0.625. The van der Waals surface area contributed by atoms with Crippen LogP contribution in [-0.2, 0) is 28.1 Å². The van der Waals surface area contributed by atoms with Crippen molar-refractivity contribution in [3.05, 3.63) is 60.7 Å². The molecule has 0 amide bonds. The molecule has 7 atom stereocenters. The number of fused-ring (bicyclic) bond motifs is 2. The van der Waals surface area contributed by atoms with Crippen molar-refractivity contribution in [3.63, 3.8) is 0 Å². The van der Waals surface area contributed by atoms with Gasteiger partial charge < -0.3 is 33.2 Å². The molecule has 1 saturated carbocycles. The van der Waals surface area contributed by atoms with Crippen LogP contribution in [0.5, 0.6) is 0 Å². The van der Waals surface area contributed by atoms with Gasteiger partial charge in [-0.15, -0.1) is 11.8 Å². The maximum absolute atomic E-state index is 11.5. The number of methoxy groups -OCH3 is 2. The minimum atomic E-state index is -2.83. The van der Waals surface area contributed by atoms with Gasteiger partial charge in [-0.3, -0.25) is 0 Å². The molecule has 0 radical (unpaired) electrons. The highest BCUT2D eigenvalue weighted by molar-refractivity contribution is 7.99. The zero-order chi connectivity index (χ0) is 29.3. The Kier molecular flexibility index (Phi) is 9.41. The zero-order valence-corrected chi connectivity index (χ0v) is 27.0. The van der Waals surface area contributed by atoms with Gasteiger partial charge in [0.15, 0.2) is 0 Å². The Bertz CT molecular complexity index is 1090. The summed E-state index contributed by atoms with van der Waals surface area (Å²) in [6.07, 6.45) is 0.492. The minimum absolute atomic E-state index is 0.187. The zero-order valence-electron chi connectivity index (χ0n) is 25.2. The summed E-state index contributed by atoms with van der Waals surface area (Å²) < 4.78 is 39.6. The SMILES string of the molecule is CCS[C@H]1O[C@H](CO[Si](c2ccccc2)(c2ccccc2)C(C)(C)C)[C@H]2O[C@@]3(OC)CCCC[C@]3(OC)O[C@@H]2[C@@H]1O. The molecule has 41 heavy (non-hydrogen) atoms. The van der Waals surface area contributed by atoms with Crippen LogP contribution in [0.1, 0.15) is 53.4 Å². The second kappa shape index (κ2) is 12.4. The molecule has 0 unspecified atom stereocenters. The van der Waals surface area contributed by atoms with Crippen LogP contribution in [0.3, 0.4) is 0 Å². The molecule has 1 aliphatic carbocycles. The first-order chi connectivity index (χ1) is 19.7. The van der Waals surface area contributed by atoms with Crippen molar-refractivity contribution in [1.29, 1.82) is 0 Å². The van der Waals surface area contributed by atoms with Gasteiger partial charge in [0.1, 0.15) is 29.9 Å². The average molecular weight is 603 g/mol. The van der Waals surface area contributed by atoms with Gasteiger partial charge in [-0.2, -0.15) is 0 Å². The number of thioether (sulfide) groups is 1. The molecule has 7 nitrogen and oxygen atoms in total. The van der Waals surface area contributed by atoms with Crippen molar-refractivity contribution in [1.82, 2.24) is 0 Å². The van der Waals surface area contributed by atoms with Gasteiger partial charge in [0.05, 0.1) is 6.61 Å². The van der Waals surface area contributed by atoms with E-state index >= 15 is 0 Å². The highest BCUT2D eigenvalue weighted by Gasteiger charge is 2.67. The van der Waals surface area contributed by atoms with Gasteiger partial charge in [0.25, 0.3) is 8.32 Å². The van der Waals surface area contributed by atoms with E-state index in [9.17, 15) is 5.11 Å². The fourth-order valence-corrected chi connectivity index (χ4v) is 12.5. The average Bonchev–Trinajstić information content (AvgIpc) is 2.99. The molecule has 0 aromatic heterocycles. The largest absolute Gasteiger partial charge is 0.405 e. The maximum Gasteiger partial charge on any atom is 0.261 e.